The SMILES string of the molecule is CN=C1NC(=O)C2(CCCCC2C(C)C)N1. The summed E-state index contributed by atoms with van der Waals surface area (Å²) in [6.07, 6.45) is 4.43. The van der Waals surface area contributed by atoms with E-state index in [1.54, 1.807) is 7.05 Å². The van der Waals surface area contributed by atoms with E-state index in [-0.39, 0.29) is 11.4 Å². The zero-order valence-electron chi connectivity index (χ0n) is 10.3. The monoisotopic (exact) mass is 223 g/mol. The third-order valence-corrected chi connectivity index (χ3v) is 3.98. The van der Waals surface area contributed by atoms with Crippen LogP contribution in [0.1, 0.15) is 39.5 Å². The third kappa shape index (κ3) is 1.60. The Hall–Kier alpha value is -1.06. The van der Waals surface area contributed by atoms with Crippen LogP contribution in [0.25, 0.3) is 0 Å². The van der Waals surface area contributed by atoms with Crippen LogP contribution in [0.5, 0.6) is 0 Å². The van der Waals surface area contributed by atoms with Gasteiger partial charge in [-0.1, -0.05) is 26.7 Å². The molecular formula is C12H21N3O. The van der Waals surface area contributed by atoms with Crippen LogP contribution in [-0.2, 0) is 4.79 Å². The molecule has 90 valence electrons. The van der Waals surface area contributed by atoms with Crippen molar-refractivity contribution in [3.05, 3.63) is 0 Å². The van der Waals surface area contributed by atoms with Crippen LogP contribution in [-0.4, -0.2) is 24.5 Å². The summed E-state index contributed by atoms with van der Waals surface area (Å²) in [6.45, 7) is 4.40. The molecular weight excluding hydrogens is 202 g/mol. The molecule has 2 N–H and O–H groups in total. The lowest BCUT2D eigenvalue weighted by Crippen LogP contribution is -2.56. The largest absolute Gasteiger partial charge is 0.341 e. The molecule has 1 spiro atoms. The number of hydrogen-bond acceptors (Lipinski definition) is 2. The molecule has 4 nitrogen and oxygen atoms in total. The minimum absolute atomic E-state index is 0.117. The summed E-state index contributed by atoms with van der Waals surface area (Å²) in [7, 11) is 1.70. The van der Waals surface area contributed by atoms with Crippen LogP contribution in [0, 0.1) is 11.8 Å². The molecule has 2 fully saturated rings. The molecule has 0 radical (unpaired) electrons. The first-order valence-electron chi connectivity index (χ1n) is 6.16. The maximum atomic E-state index is 12.2. The maximum Gasteiger partial charge on any atom is 0.252 e. The number of guanidine groups is 1. The van der Waals surface area contributed by atoms with E-state index in [0.717, 1.165) is 19.3 Å². The highest BCUT2D eigenvalue weighted by Crippen LogP contribution is 2.40. The summed E-state index contributed by atoms with van der Waals surface area (Å²) in [6, 6.07) is 0. The van der Waals surface area contributed by atoms with Gasteiger partial charge in [-0.2, -0.15) is 0 Å². The smallest absolute Gasteiger partial charge is 0.252 e. The fourth-order valence-electron chi connectivity index (χ4n) is 3.17. The number of amides is 1. The maximum absolute atomic E-state index is 12.2. The van der Waals surface area contributed by atoms with Crippen molar-refractivity contribution >= 4 is 11.9 Å². The molecule has 2 atom stereocenters. The van der Waals surface area contributed by atoms with Gasteiger partial charge in [0.25, 0.3) is 5.91 Å². The number of aliphatic imine (C=N–C) groups is 1. The fourth-order valence-corrected chi connectivity index (χ4v) is 3.17. The lowest BCUT2D eigenvalue weighted by molar-refractivity contribution is -0.128. The Bertz CT molecular complexity index is 324. The van der Waals surface area contributed by atoms with E-state index in [1.807, 2.05) is 0 Å². The number of rotatable bonds is 1. The topological polar surface area (TPSA) is 53.5 Å². The average molecular weight is 223 g/mol. The van der Waals surface area contributed by atoms with Crippen molar-refractivity contribution in [3.63, 3.8) is 0 Å². The molecule has 16 heavy (non-hydrogen) atoms. The zero-order chi connectivity index (χ0) is 11.8. The number of hydrogen-bond donors (Lipinski definition) is 2. The Balaban J connectivity index is 2.30. The van der Waals surface area contributed by atoms with Crippen molar-refractivity contribution in [1.82, 2.24) is 10.6 Å². The Kier molecular flexibility index (Phi) is 2.91. The van der Waals surface area contributed by atoms with E-state index >= 15 is 0 Å². The Morgan fingerprint density at radius 1 is 1.44 bits per heavy atom. The molecule has 1 amide bonds. The van der Waals surface area contributed by atoms with E-state index in [2.05, 4.69) is 29.5 Å². The summed E-state index contributed by atoms with van der Waals surface area (Å²) in [4.78, 5) is 16.2. The van der Waals surface area contributed by atoms with Crippen molar-refractivity contribution in [2.45, 2.75) is 45.1 Å². The van der Waals surface area contributed by atoms with Gasteiger partial charge in [-0.25, -0.2) is 0 Å². The van der Waals surface area contributed by atoms with E-state index in [9.17, 15) is 4.79 Å². The second kappa shape index (κ2) is 4.07. The minimum atomic E-state index is -0.388. The van der Waals surface area contributed by atoms with Gasteiger partial charge in [-0.3, -0.25) is 15.1 Å². The van der Waals surface area contributed by atoms with Gasteiger partial charge in [0.1, 0.15) is 5.54 Å². The van der Waals surface area contributed by atoms with Crippen molar-refractivity contribution in [3.8, 4) is 0 Å². The molecule has 0 aromatic heterocycles. The van der Waals surface area contributed by atoms with Crippen molar-refractivity contribution in [2.75, 3.05) is 7.05 Å². The quantitative estimate of drug-likeness (QED) is 0.703. The van der Waals surface area contributed by atoms with Crippen LogP contribution in [0.3, 0.4) is 0 Å². The third-order valence-electron chi connectivity index (χ3n) is 3.98. The molecule has 1 heterocycles. The molecule has 2 aliphatic rings. The fraction of sp³-hybridized carbons (Fsp3) is 0.833. The van der Waals surface area contributed by atoms with Crippen molar-refractivity contribution in [2.24, 2.45) is 16.8 Å². The highest BCUT2D eigenvalue weighted by molar-refractivity contribution is 6.09. The van der Waals surface area contributed by atoms with E-state index < -0.39 is 0 Å². The van der Waals surface area contributed by atoms with Crippen molar-refractivity contribution < 1.29 is 4.79 Å². The molecule has 0 bridgehead atoms. The van der Waals surface area contributed by atoms with Gasteiger partial charge in [0, 0.05) is 7.05 Å². The number of nitrogens with one attached hydrogen (secondary N) is 2. The average Bonchev–Trinajstić information content (AvgIpc) is 2.57. The molecule has 2 rings (SSSR count). The van der Waals surface area contributed by atoms with E-state index in [1.165, 1.54) is 6.42 Å². The first-order chi connectivity index (χ1) is 7.60. The minimum Gasteiger partial charge on any atom is -0.341 e. The Morgan fingerprint density at radius 2 is 2.19 bits per heavy atom. The normalized spacial score (nSPS) is 36.9. The van der Waals surface area contributed by atoms with Gasteiger partial charge < -0.3 is 5.32 Å². The molecule has 1 saturated heterocycles. The lowest BCUT2D eigenvalue weighted by Gasteiger charge is -2.41. The first kappa shape index (κ1) is 11.4. The molecule has 1 aliphatic carbocycles. The standard InChI is InChI=1S/C12H21N3O/c1-8(2)9-6-4-5-7-12(9)10(16)14-11(13-3)15-12/h8-9H,4-7H2,1-3H3,(H2,13,14,15,16). The zero-order valence-corrected chi connectivity index (χ0v) is 10.3. The van der Waals surface area contributed by atoms with Gasteiger partial charge in [0.05, 0.1) is 0 Å². The van der Waals surface area contributed by atoms with Crippen LogP contribution >= 0.6 is 0 Å². The first-order valence-corrected chi connectivity index (χ1v) is 6.16. The summed E-state index contributed by atoms with van der Waals surface area (Å²) < 4.78 is 0. The molecule has 4 heteroatoms. The Morgan fingerprint density at radius 3 is 2.75 bits per heavy atom. The van der Waals surface area contributed by atoms with E-state index in [4.69, 9.17) is 0 Å². The van der Waals surface area contributed by atoms with Gasteiger partial charge in [0.2, 0.25) is 0 Å². The van der Waals surface area contributed by atoms with Crippen LogP contribution in [0.15, 0.2) is 4.99 Å². The lowest BCUT2D eigenvalue weighted by atomic mass is 9.68. The van der Waals surface area contributed by atoms with Crippen LogP contribution in [0.4, 0.5) is 0 Å². The Labute approximate surface area is 96.9 Å². The van der Waals surface area contributed by atoms with Gasteiger partial charge in [-0.05, 0) is 24.7 Å². The molecule has 2 unspecified atom stereocenters. The van der Waals surface area contributed by atoms with Crippen LogP contribution < -0.4 is 10.6 Å². The number of carbonyl (C=O) groups is 1. The number of carbonyl (C=O) groups excluding carboxylic acids is 1. The molecule has 0 aromatic rings. The summed E-state index contributed by atoms with van der Waals surface area (Å²) in [5.41, 5.74) is -0.388. The van der Waals surface area contributed by atoms with Crippen LogP contribution in [0.2, 0.25) is 0 Å². The predicted molar refractivity (Wildman–Crippen MR) is 64.2 cm³/mol. The summed E-state index contributed by atoms with van der Waals surface area (Å²) >= 11 is 0. The summed E-state index contributed by atoms with van der Waals surface area (Å²) in [5, 5.41) is 6.18. The summed E-state index contributed by atoms with van der Waals surface area (Å²) in [5.74, 6) is 1.69. The van der Waals surface area contributed by atoms with E-state index in [0.29, 0.717) is 17.8 Å². The molecule has 1 saturated carbocycles. The second-order valence-electron chi connectivity index (χ2n) is 5.22. The second-order valence-corrected chi connectivity index (χ2v) is 5.22. The predicted octanol–water partition coefficient (Wildman–Crippen LogP) is 1.28. The van der Waals surface area contributed by atoms with Gasteiger partial charge >= 0.3 is 0 Å². The highest BCUT2D eigenvalue weighted by Gasteiger charge is 2.52. The molecule has 1 aliphatic heterocycles. The highest BCUT2D eigenvalue weighted by atomic mass is 16.2. The molecule has 0 aromatic carbocycles. The van der Waals surface area contributed by atoms with Gasteiger partial charge in [-0.15, -0.1) is 0 Å². The number of nitrogens with zero attached hydrogens (tertiary/aromatic N) is 1. The van der Waals surface area contributed by atoms with Gasteiger partial charge in [0.15, 0.2) is 5.96 Å². The van der Waals surface area contributed by atoms with Crippen molar-refractivity contribution in [1.29, 1.82) is 0 Å².